The summed E-state index contributed by atoms with van der Waals surface area (Å²) in [4.78, 5) is 12.1. The third kappa shape index (κ3) is 2.74. The Morgan fingerprint density at radius 3 is 2.95 bits per heavy atom. The molecule has 1 N–H and O–H groups in total. The number of aromatic nitrogens is 4. The Morgan fingerprint density at radius 2 is 2.24 bits per heavy atom. The first kappa shape index (κ1) is 14.0. The van der Waals surface area contributed by atoms with Crippen LogP contribution in [-0.2, 0) is 7.05 Å². The molecule has 6 nitrogen and oxygen atoms in total. The van der Waals surface area contributed by atoms with Gasteiger partial charge in [0.05, 0.1) is 17.6 Å². The van der Waals surface area contributed by atoms with E-state index in [0.29, 0.717) is 6.04 Å². The molecular weight excluding hydrogens is 284 g/mol. The number of rotatable bonds is 5. The molecule has 1 atom stereocenters. The summed E-state index contributed by atoms with van der Waals surface area (Å²) in [6, 6.07) is 4.56. The Labute approximate surface area is 127 Å². The second-order valence-electron chi connectivity index (χ2n) is 5.10. The van der Waals surface area contributed by atoms with Crippen molar-refractivity contribution in [3.05, 3.63) is 34.9 Å². The molecule has 110 valence electrons. The van der Waals surface area contributed by atoms with Crippen molar-refractivity contribution in [1.29, 1.82) is 0 Å². The van der Waals surface area contributed by atoms with Crippen LogP contribution in [0.5, 0.6) is 0 Å². The van der Waals surface area contributed by atoms with Gasteiger partial charge in [-0.15, -0.1) is 11.3 Å². The minimum Gasteiger partial charge on any atom is -0.367 e. The van der Waals surface area contributed by atoms with Crippen molar-refractivity contribution in [1.82, 2.24) is 24.6 Å². The minimum absolute atomic E-state index is 0.312. The van der Waals surface area contributed by atoms with E-state index in [4.69, 9.17) is 0 Å². The third-order valence-electron chi connectivity index (χ3n) is 3.49. The van der Waals surface area contributed by atoms with Crippen molar-refractivity contribution < 1.29 is 0 Å². The first-order valence-corrected chi connectivity index (χ1v) is 7.61. The summed E-state index contributed by atoms with van der Waals surface area (Å²) in [6.45, 7) is 0.786. The molecule has 3 rings (SSSR count). The second kappa shape index (κ2) is 5.79. The van der Waals surface area contributed by atoms with Gasteiger partial charge in [0.15, 0.2) is 5.65 Å². The summed E-state index contributed by atoms with van der Waals surface area (Å²) >= 11 is 1.77. The van der Waals surface area contributed by atoms with Crippen molar-refractivity contribution in [3.63, 3.8) is 0 Å². The number of hydrogen-bond acceptors (Lipinski definition) is 6. The topological polar surface area (TPSA) is 58.9 Å². The molecule has 1 unspecified atom stereocenters. The van der Waals surface area contributed by atoms with Gasteiger partial charge in [-0.1, -0.05) is 6.07 Å². The van der Waals surface area contributed by atoms with Gasteiger partial charge in [0.1, 0.15) is 12.1 Å². The van der Waals surface area contributed by atoms with Gasteiger partial charge < -0.3 is 10.2 Å². The van der Waals surface area contributed by atoms with Gasteiger partial charge in [-0.05, 0) is 25.5 Å². The van der Waals surface area contributed by atoms with Crippen molar-refractivity contribution in [3.8, 4) is 0 Å². The van der Waals surface area contributed by atoms with E-state index in [-0.39, 0.29) is 0 Å². The van der Waals surface area contributed by atoms with Gasteiger partial charge in [0, 0.05) is 18.5 Å². The predicted octanol–water partition coefficient (Wildman–Crippen LogP) is 2.14. The molecular formula is C14H18N6S. The molecule has 0 bridgehead atoms. The zero-order valence-corrected chi connectivity index (χ0v) is 13.1. The zero-order chi connectivity index (χ0) is 14.8. The van der Waals surface area contributed by atoms with E-state index < -0.39 is 0 Å². The minimum atomic E-state index is 0.312. The van der Waals surface area contributed by atoms with E-state index >= 15 is 0 Å². The monoisotopic (exact) mass is 302 g/mol. The van der Waals surface area contributed by atoms with Crippen LogP contribution >= 0.6 is 11.3 Å². The number of likely N-dealkylation sites (N-methyl/N-ethyl adjacent to an activating group) is 1. The summed E-state index contributed by atoms with van der Waals surface area (Å²) in [5.41, 5.74) is 0.838. The molecule has 0 fully saturated rings. The van der Waals surface area contributed by atoms with Crippen LogP contribution < -0.4 is 5.32 Å². The Balaban J connectivity index is 1.82. The highest BCUT2D eigenvalue weighted by atomic mass is 32.1. The Morgan fingerprint density at radius 1 is 1.38 bits per heavy atom. The number of aryl methyl sites for hydroxylation is 1. The van der Waals surface area contributed by atoms with Crippen molar-refractivity contribution in [2.75, 3.05) is 26.0 Å². The Bertz CT molecular complexity index is 718. The van der Waals surface area contributed by atoms with E-state index in [0.717, 1.165) is 23.4 Å². The van der Waals surface area contributed by atoms with Crippen LogP contribution in [0.2, 0.25) is 0 Å². The summed E-state index contributed by atoms with van der Waals surface area (Å²) in [5.74, 6) is 0.830. The lowest BCUT2D eigenvalue weighted by molar-refractivity contribution is 0.316. The van der Waals surface area contributed by atoms with Crippen LogP contribution in [0, 0.1) is 0 Å². The second-order valence-corrected chi connectivity index (χ2v) is 6.08. The van der Waals surface area contributed by atoms with Gasteiger partial charge in [0.25, 0.3) is 0 Å². The van der Waals surface area contributed by atoms with Gasteiger partial charge in [-0.2, -0.15) is 5.10 Å². The van der Waals surface area contributed by atoms with Crippen LogP contribution in [-0.4, -0.2) is 45.3 Å². The van der Waals surface area contributed by atoms with E-state index in [1.54, 1.807) is 28.5 Å². The maximum Gasteiger partial charge on any atom is 0.163 e. The fraction of sp³-hybridized carbons (Fsp3) is 0.357. The quantitative estimate of drug-likeness (QED) is 0.782. The maximum atomic E-state index is 4.34. The highest BCUT2D eigenvalue weighted by molar-refractivity contribution is 7.10. The molecule has 0 spiro atoms. The lowest BCUT2D eigenvalue weighted by Crippen LogP contribution is -2.26. The Kier molecular flexibility index (Phi) is 3.85. The van der Waals surface area contributed by atoms with Crippen molar-refractivity contribution in [2.45, 2.75) is 6.04 Å². The van der Waals surface area contributed by atoms with E-state index in [2.05, 4.69) is 56.9 Å². The number of anilines is 1. The lowest BCUT2D eigenvalue weighted by Gasteiger charge is -2.23. The molecule has 0 aliphatic rings. The molecule has 0 aliphatic heterocycles. The summed E-state index contributed by atoms with van der Waals surface area (Å²) in [6.07, 6.45) is 3.37. The van der Waals surface area contributed by atoms with Gasteiger partial charge in [-0.25, -0.2) is 9.97 Å². The molecule has 3 aromatic heterocycles. The van der Waals surface area contributed by atoms with Crippen LogP contribution in [0.3, 0.4) is 0 Å². The first-order valence-electron chi connectivity index (χ1n) is 6.73. The SMILES string of the molecule is CN(C)C(CNc1ncnc2c1cnn2C)c1cccs1. The molecule has 0 radical (unpaired) electrons. The largest absolute Gasteiger partial charge is 0.367 e. The smallest absolute Gasteiger partial charge is 0.163 e. The average molecular weight is 302 g/mol. The van der Waals surface area contributed by atoms with E-state index in [9.17, 15) is 0 Å². The zero-order valence-electron chi connectivity index (χ0n) is 12.3. The standard InChI is InChI=1S/C14H18N6S/c1-19(2)11(12-5-4-6-21-12)8-15-13-10-7-18-20(3)14(10)17-9-16-13/h4-7,9,11H,8H2,1-3H3,(H,15,16,17). The first-order chi connectivity index (χ1) is 10.2. The Hall–Kier alpha value is -1.99. The predicted molar refractivity (Wildman–Crippen MR) is 85.5 cm³/mol. The summed E-state index contributed by atoms with van der Waals surface area (Å²) in [5, 5.41) is 10.7. The van der Waals surface area contributed by atoms with E-state index in [1.165, 1.54) is 4.88 Å². The molecule has 0 amide bonds. The number of thiophene rings is 1. The van der Waals surface area contributed by atoms with Crippen LogP contribution in [0.25, 0.3) is 11.0 Å². The molecule has 7 heteroatoms. The van der Waals surface area contributed by atoms with Gasteiger partial charge in [-0.3, -0.25) is 4.68 Å². The van der Waals surface area contributed by atoms with Crippen molar-refractivity contribution >= 4 is 28.2 Å². The number of hydrogen-bond donors (Lipinski definition) is 1. The van der Waals surface area contributed by atoms with Crippen LogP contribution in [0.1, 0.15) is 10.9 Å². The van der Waals surface area contributed by atoms with Crippen LogP contribution in [0.4, 0.5) is 5.82 Å². The summed E-state index contributed by atoms with van der Waals surface area (Å²) < 4.78 is 1.75. The molecule has 3 aromatic rings. The lowest BCUT2D eigenvalue weighted by atomic mass is 10.2. The highest BCUT2D eigenvalue weighted by Crippen LogP contribution is 2.25. The number of nitrogens with zero attached hydrogens (tertiary/aromatic N) is 5. The molecule has 21 heavy (non-hydrogen) atoms. The number of fused-ring (bicyclic) bond motifs is 1. The molecule has 0 saturated carbocycles. The third-order valence-corrected chi connectivity index (χ3v) is 4.46. The highest BCUT2D eigenvalue weighted by Gasteiger charge is 2.16. The normalized spacial score (nSPS) is 13.0. The molecule has 0 aromatic carbocycles. The summed E-state index contributed by atoms with van der Waals surface area (Å²) in [7, 11) is 6.06. The maximum absolute atomic E-state index is 4.34. The molecule has 0 saturated heterocycles. The van der Waals surface area contributed by atoms with Crippen molar-refractivity contribution in [2.24, 2.45) is 7.05 Å². The van der Waals surface area contributed by atoms with Gasteiger partial charge in [0.2, 0.25) is 0 Å². The van der Waals surface area contributed by atoms with E-state index in [1.807, 2.05) is 7.05 Å². The van der Waals surface area contributed by atoms with Crippen LogP contribution in [0.15, 0.2) is 30.0 Å². The molecule has 3 heterocycles. The van der Waals surface area contributed by atoms with Gasteiger partial charge >= 0.3 is 0 Å². The fourth-order valence-electron chi connectivity index (χ4n) is 2.31. The molecule has 0 aliphatic carbocycles. The average Bonchev–Trinajstić information content (AvgIpc) is 3.10. The number of nitrogens with one attached hydrogen (secondary N) is 1. The fourth-order valence-corrected chi connectivity index (χ4v) is 3.24.